The topological polar surface area (TPSA) is 60.8 Å². The fourth-order valence-electron chi connectivity index (χ4n) is 4.54. The second kappa shape index (κ2) is 11.2. The van der Waals surface area contributed by atoms with E-state index in [-0.39, 0.29) is 12.1 Å². The molecule has 9 heteroatoms. The first-order valence-electron chi connectivity index (χ1n) is 11.8. The Morgan fingerprint density at radius 1 is 0.973 bits per heavy atom. The van der Waals surface area contributed by atoms with Gasteiger partial charge in [0.15, 0.2) is 5.11 Å². The molecule has 0 bridgehead atoms. The number of hydrogen-bond acceptors (Lipinski definition) is 5. The van der Waals surface area contributed by atoms with E-state index in [0.29, 0.717) is 29.1 Å². The minimum absolute atomic E-state index is 0.183. The van der Waals surface area contributed by atoms with E-state index in [4.69, 9.17) is 38.0 Å². The van der Waals surface area contributed by atoms with Crippen LogP contribution in [0.4, 0.5) is 5.69 Å². The molecular formula is C28H27ClN4O3S. The molecule has 1 saturated heterocycles. The van der Waals surface area contributed by atoms with E-state index < -0.39 is 0 Å². The maximum atomic E-state index is 6.63. The average Bonchev–Trinajstić information content (AvgIpc) is 3.54. The van der Waals surface area contributed by atoms with E-state index in [0.717, 1.165) is 28.5 Å². The molecule has 2 aromatic heterocycles. The van der Waals surface area contributed by atoms with Gasteiger partial charge in [-0.05, 0) is 78.9 Å². The van der Waals surface area contributed by atoms with Crippen molar-refractivity contribution in [2.24, 2.45) is 0 Å². The van der Waals surface area contributed by atoms with E-state index in [2.05, 4.69) is 25.8 Å². The summed E-state index contributed by atoms with van der Waals surface area (Å²) in [5, 5.41) is 4.59. The number of thiocarbonyl (C=S) groups is 1. The first-order chi connectivity index (χ1) is 18.1. The summed E-state index contributed by atoms with van der Waals surface area (Å²) in [7, 11) is 3.30. The van der Waals surface area contributed by atoms with Gasteiger partial charge in [-0.2, -0.15) is 0 Å². The molecule has 2 atom stereocenters. The molecule has 1 aliphatic rings. The van der Waals surface area contributed by atoms with Crippen LogP contribution in [0.1, 0.15) is 23.5 Å². The van der Waals surface area contributed by atoms with Crippen LogP contribution in [0.25, 0.3) is 5.69 Å². The van der Waals surface area contributed by atoms with Crippen molar-refractivity contribution in [2.75, 3.05) is 32.3 Å². The summed E-state index contributed by atoms with van der Waals surface area (Å²) in [6, 6.07) is 23.4. The van der Waals surface area contributed by atoms with Crippen molar-refractivity contribution in [3.05, 3.63) is 102 Å². The molecule has 1 N–H and O–H groups in total. The zero-order valence-electron chi connectivity index (χ0n) is 20.5. The largest absolute Gasteiger partial charge is 0.497 e. The molecule has 0 spiro atoms. The average molecular weight is 535 g/mol. The number of anilines is 1. The molecule has 0 aliphatic carbocycles. The van der Waals surface area contributed by atoms with Crippen LogP contribution in [-0.4, -0.2) is 42.1 Å². The highest BCUT2D eigenvalue weighted by molar-refractivity contribution is 7.80. The van der Waals surface area contributed by atoms with Crippen molar-refractivity contribution in [3.8, 4) is 17.2 Å². The van der Waals surface area contributed by atoms with Crippen LogP contribution < -0.4 is 19.7 Å². The van der Waals surface area contributed by atoms with E-state index >= 15 is 0 Å². The number of halogens is 1. The molecule has 1 fully saturated rings. The summed E-state index contributed by atoms with van der Waals surface area (Å²) in [5.41, 5.74) is 3.81. The molecule has 4 aromatic rings. The number of methoxy groups -OCH3 is 2. The Morgan fingerprint density at radius 2 is 1.78 bits per heavy atom. The number of aromatic nitrogens is 2. The van der Waals surface area contributed by atoms with Gasteiger partial charge in [-0.15, -0.1) is 0 Å². The van der Waals surface area contributed by atoms with Gasteiger partial charge in [0.05, 0.1) is 30.5 Å². The Kier molecular flexibility index (Phi) is 7.60. The Bertz CT molecular complexity index is 1360. The maximum Gasteiger partial charge on any atom is 0.174 e. The lowest BCUT2D eigenvalue weighted by atomic mass is 10.0. The van der Waals surface area contributed by atoms with E-state index in [1.807, 2.05) is 72.9 Å². The third-order valence-electron chi connectivity index (χ3n) is 6.27. The van der Waals surface area contributed by atoms with E-state index in [1.54, 1.807) is 20.4 Å². The molecule has 3 heterocycles. The van der Waals surface area contributed by atoms with Gasteiger partial charge in [-0.3, -0.25) is 4.98 Å². The van der Waals surface area contributed by atoms with Crippen molar-refractivity contribution >= 4 is 34.6 Å². The number of rotatable bonds is 9. The lowest BCUT2D eigenvalue weighted by Gasteiger charge is -2.29. The SMILES string of the molecule is COCCOc1ccc(N2C(=S)N[C@H](c3ccccn3)[C@H]2c2cccn2-c2ccc(OC)cc2)cc1Cl. The number of pyridine rings is 1. The van der Waals surface area contributed by atoms with Crippen molar-refractivity contribution < 1.29 is 14.2 Å². The quantitative estimate of drug-likeness (QED) is 0.217. The van der Waals surface area contributed by atoms with Gasteiger partial charge in [-0.1, -0.05) is 17.7 Å². The number of hydrogen-bond donors (Lipinski definition) is 1. The zero-order chi connectivity index (χ0) is 25.8. The highest BCUT2D eigenvalue weighted by atomic mass is 35.5. The summed E-state index contributed by atoms with van der Waals surface area (Å²) in [4.78, 5) is 6.74. The Balaban J connectivity index is 1.57. The standard InChI is InChI=1S/C28H27ClN4O3S/c1-34-16-17-36-25-13-10-20(18-22(25)29)33-27(26(31-28(33)37)23-6-3-4-14-30-23)24-7-5-15-32(24)19-8-11-21(35-2)12-9-19/h3-15,18,26-27H,16-17H2,1-2H3,(H,31,37)/t26-,27-/m1/s1. The normalized spacial score (nSPS) is 17.1. The van der Waals surface area contributed by atoms with Crippen LogP contribution in [0, 0.1) is 0 Å². The first-order valence-corrected chi connectivity index (χ1v) is 12.6. The lowest BCUT2D eigenvalue weighted by molar-refractivity contribution is 0.146. The molecule has 0 unspecified atom stereocenters. The van der Waals surface area contributed by atoms with Gasteiger partial charge < -0.3 is 29.0 Å². The van der Waals surface area contributed by atoms with Crippen LogP contribution in [0.3, 0.4) is 0 Å². The summed E-state index contributed by atoms with van der Waals surface area (Å²) >= 11 is 12.5. The van der Waals surface area contributed by atoms with Crippen LogP contribution in [-0.2, 0) is 4.74 Å². The summed E-state index contributed by atoms with van der Waals surface area (Å²) in [6.07, 6.45) is 3.84. The van der Waals surface area contributed by atoms with Gasteiger partial charge in [-0.25, -0.2) is 0 Å². The molecular weight excluding hydrogens is 508 g/mol. The Hall–Kier alpha value is -3.59. The summed E-state index contributed by atoms with van der Waals surface area (Å²) < 4.78 is 18.3. The molecule has 1 aliphatic heterocycles. The smallest absolute Gasteiger partial charge is 0.174 e. The second-order valence-corrected chi connectivity index (χ2v) is 9.25. The van der Waals surface area contributed by atoms with Gasteiger partial charge in [0, 0.05) is 36.6 Å². The predicted molar refractivity (Wildman–Crippen MR) is 149 cm³/mol. The van der Waals surface area contributed by atoms with Crippen LogP contribution >= 0.6 is 23.8 Å². The van der Waals surface area contributed by atoms with E-state index in [1.165, 1.54) is 0 Å². The van der Waals surface area contributed by atoms with Crippen molar-refractivity contribution in [1.29, 1.82) is 0 Å². The summed E-state index contributed by atoms with van der Waals surface area (Å²) in [6.45, 7) is 0.896. The molecule has 5 rings (SSSR count). The number of ether oxygens (including phenoxy) is 3. The van der Waals surface area contributed by atoms with Gasteiger partial charge in [0.25, 0.3) is 0 Å². The lowest BCUT2D eigenvalue weighted by Crippen LogP contribution is -2.30. The zero-order valence-corrected chi connectivity index (χ0v) is 22.1. The molecule has 0 radical (unpaired) electrons. The first kappa shape index (κ1) is 25.1. The predicted octanol–water partition coefficient (Wildman–Crippen LogP) is 5.74. The van der Waals surface area contributed by atoms with Crippen LogP contribution in [0.15, 0.2) is 85.2 Å². The van der Waals surface area contributed by atoms with Crippen molar-refractivity contribution in [3.63, 3.8) is 0 Å². The summed E-state index contributed by atoms with van der Waals surface area (Å²) in [5.74, 6) is 1.40. The molecule has 2 aromatic carbocycles. The monoisotopic (exact) mass is 534 g/mol. The Morgan fingerprint density at radius 3 is 2.49 bits per heavy atom. The molecule has 37 heavy (non-hydrogen) atoms. The number of nitrogens with one attached hydrogen (secondary N) is 1. The number of benzene rings is 2. The molecule has 190 valence electrons. The van der Waals surface area contributed by atoms with Gasteiger partial charge >= 0.3 is 0 Å². The van der Waals surface area contributed by atoms with E-state index in [9.17, 15) is 0 Å². The Labute approximate surface area is 226 Å². The van der Waals surface area contributed by atoms with Crippen LogP contribution in [0.5, 0.6) is 11.5 Å². The molecule has 7 nitrogen and oxygen atoms in total. The highest BCUT2D eigenvalue weighted by Crippen LogP contribution is 2.43. The van der Waals surface area contributed by atoms with Crippen molar-refractivity contribution in [1.82, 2.24) is 14.9 Å². The number of nitrogens with zero attached hydrogens (tertiary/aromatic N) is 3. The minimum Gasteiger partial charge on any atom is -0.497 e. The minimum atomic E-state index is -0.198. The fourth-order valence-corrected chi connectivity index (χ4v) is 5.11. The third-order valence-corrected chi connectivity index (χ3v) is 6.88. The van der Waals surface area contributed by atoms with Gasteiger partial charge in [0.2, 0.25) is 0 Å². The van der Waals surface area contributed by atoms with Gasteiger partial charge in [0.1, 0.15) is 24.1 Å². The maximum absolute atomic E-state index is 6.63. The third kappa shape index (κ3) is 5.13. The molecule has 0 saturated carbocycles. The highest BCUT2D eigenvalue weighted by Gasteiger charge is 2.42. The molecule has 0 amide bonds. The van der Waals surface area contributed by atoms with Crippen LogP contribution in [0.2, 0.25) is 5.02 Å². The second-order valence-electron chi connectivity index (χ2n) is 8.45. The fraction of sp³-hybridized carbons (Fsp3) is 0.214. The van der Waals surface area contributed by atoms with Crippen molar-refractivity contribution in [2.45, 2.75) is 12.1 Å².